The fourth-order valence-electron chi connectivity index (χ4n) is 1.16. The Labute approximate surface area is 68.7 Å². The molecule has 0 radical (unpaired) electrons. The van der Waals surface area contributed by atoms with Crippen molar-refractivity contribution in [1.82, 2.24) is 14.5 Å². The molecule has 0 aromatic carbocycles. The fourth-order valence-corrected chi connectivity index (χ4v) is 1.16. The zero-order valence-corrected chi connectivity index (χ0v) is 6.66. The number of fused-ring (bicyclic) bond motifs is 1. The monoisotopic (exact) mass is 167 g/mol. The van der Waals surface area contributed by atoms with E-state index in [9.17, 15) is 4.79 Å². The summed E-state index contributed by atoms with van der Waals surface area (Å²) in [7, 11) is 1.68. The Morgan fingerprint density at radius 2 is 2.42 bits per heavy atom. The number of anilines is 2. The van der Waals surface area contributed by atoms with Crippen LogP contribution in [0.5, 0.6) is 0 Å². The second-order valence-electron chi connectivity index (χ2n) is 2.48. The van der Waals surface area contributed by atoms with Crippen molar-refractivity contribution in [3.8, 4) is 0 Å². The van der Waals surface area contributed by atoms with Crippen LogP contribution in [0.4, 0.5) is 11.9 Å². The van der Waals surface area contributed by atoms with Crippen LogP contribution in [-0.2, 0) is 6.54 Å². The van der Waals surface area contributed by atoms with E-state index in [2.05, 4.69) is 20.6 Å². The summed E-state index contributed by atoms with van der Waals surface area (Å²) in [5, 5.41) is 5.71. The minimum atomic E-state index is -0.255. The third kappa shape index (κ3) is 0.919. The van der Waals surface area contributed by atoms with Crippen molar-refractivity contribution in [2.45, 2.75) is 6.54 Å². The molecule has 0 fully saturated rings. The zero-order valence-electron chi connectivity index (χ0n) is 6.66. The standard InChI is InChI=1S/C6H9N5O/c1-7-4-9-5-8-2-3-11(5)6(12)10-4/h2-3H2,1H3,(H2,7,8,9,10,12). The summed E-state index contributed by atoms with van der Waals surface area (Å²) < 4.78 is 1.51. The predicted octanol–water partition coefficient (Wildman–Crippen LogP) is -0.895. The maximum absolute atomic E-state index is 11.2. The molecule has 6 heteroatoms. The number of nitrogens with zero attached hydrogens (tertiary/aromatic N) is 3. The van der Waals surface area contributed by atoms with Crippen LogP contribution in [0.3, 0.4) is 0 Å². The van der Waals surface area contributed by atoms with E-state index >= 15 is 0 Å². The molecule has 1 aromatic rings. The van der Waals surface area contributed by atoms with Crippen molar-refractivity contribution in [3.63, 3.8) is 0 Å². The minimum Gasteiger partial charge on any atom is -0.357 e. The van der Waals surface area contributed by atoms with Gasteiger partial charge in [-0.1, -0.05) is 0 Å². The van der Waals surface area contributed by atoms with Gasteiger partial charge in [-0.25, -0.2) is 4.79 Å². The molecule has 1 aromatic heterocycles. The minimum absolute atomic E-state index is 0.255. The Balaban J connectivity index is 2.59. The van der Waals surface area contributed by atoms with Crippen molar-refractivity contribution >= 4 is 11.9 Å². The molecule has 6 nitrogen and oxygen atoms in total. The van der Waals surface area contributed by atoms with E-state index in [4.69, 9.17) is 0 Å². The van der Waals surface area contributed by atoms with Crippen LogP contribution in [-0.4, -0.2) is 28.1 Å². The van der Waals surface area contributed by atoms with E-state index in [0.29, 0.717) is 18.4 Å². The van der Waals surface area contributed by atoms with E-state index in [1.54, 1.807) is 7.05 Å². The average molecular weight is 167 g/mol. The van der Waals surface area contributed by atoms with Crippen molar-refractivity contribution in [1.29, 1.82) is 0 Å². The number of rotatable bonds is 1. The van der Waals surface area contributed by atoms with E-state index in [-0.39, 0.29) is 5.69 Å². The first-order valence-corrected chi connectivity index (χ1v) is 3.72. The fraction of sp³-hybridized carbons (Fsp3) is 0.500. The summed E-state index contributed by atoms with van der Waals surface area (Å²) in [6.45, 7) is 1.40. The highest BCUT2D eigenvalue weighted by atomic mass is 16.1. The molecule has 2 heterocycles. The summed E-state index contributed by atoms with van der Waals surface area (Å²) in [5.74, 6) is 0.958. The Morgan fingerprint density at radius 1 is 1.58 bits per heavy atom. The molecule has 0 atom stereocenters. The topological polar surface area (TPSA) is 71.8 Å². The lowest BCUT2D eigenvalue weighted by Crippen LogP contribution is -2.23. The highest BCUT2D eigenvalue weighted by Gasteiger charge is 2.13. The van der Waals surface area contributed by atoms with Crippen LogP contribution < -0.4 is 16.3 Å². The van der Waals surface area contributed by atoms with Crippen molar-refractivity contribution in [2.75, 3.05) is 24.2 Å². The molecule has 1 aliphatic rings. The predicted molar refractivity (Wildman–Crippen MR) is 44.3 cm³/mol. The van der Waals surface area contributed by atoms with Gasteiger partial charge in [-0.05, 0) is 0 Å². The summed E-state index contributed by atoms with van der Waals surface area (Å²) in [6, 6.07) is 0. The highest BCUT2D eigenvalue weighted by molar-refractivity contribution is 5.35. The second kappa shape index (κ2) is 2.47. The molecule has 12 heavy (non-hydrogen) atoms. The van der Waals surface area contributed by atoms with Gasteiger partial charge in [0, 0.05) is 20.1 Å². The van der Waals surface area contributed by atoms with Crippen LogP contribution >= 0.6 is 0 Å². The lowest BCUT2D eigenvalue weighted by Gasteiger charge is -2.01. The van der Waals surface area contributed by atoms with E-state index < -0.39 is 0 Å². The zero-order chi connectivity index (χ0) is 8.55. The van der Waals surface area contributed by atoms with Crippen molar-refractivity contribution in [2.24, 2.45) is 0 Å². The first kappa shape index (κ1) is 7.08. The quantitative estimate of drug-likeness (QED) is 0.567. The average Bonchev–Trinajstić information content (AvgIpc) is 2.52. The van der Waals surface area contributed by atoms with Crippen LogP contribution in [0.2, 0.25) is 0 Å². The molecular formula is C6H9N5O. The van der Waals surface area contributed by atoms with Crippen LogP contribution in [0, 0.1) is 0 Å². The van der Waals surface area contributed by atoms with Gasteiger partial charge in [-0.3, -0.25) is 4.57 Å². The van der Waals surface area contributed by atoms with Gasteiger partial charge >= 0.3 is 5.69 Å². The molecule has 0 bridgehead atoms. The van der Waals surface area contributed by atoms with Gasteiger partial charge in [0.25, 0.3) is 0 Å². The molecule has 0 saturated carbocycles. The Morgan fingerprint density at radius 3 is 3.17 bits per heavy atom. The molecule has 0 aliphatic carbocycles. The van der Waals surface area contributed by atoms with Crippen LogP contribution in [0.25, 0.3) is 0 Å². The van der Waals surface area contributed by atoms with Gasteiger partial charge in [-0.15, -0.1) is 0 Å². The Hall–Kier alpha value is -1.59. The van der Waals surface area contributed by atoms with Gasteiger partial charge in [0.2, 0.25) is 11.9 Å². The maximum atomic E-state index is 11.2. The number of hydrogen-bond donors (Lipinski definition) is 2. The summed E-state index contributed by atoms with van der Waals surface area (Å²) in [5.41, 5.74) is -0.255. The lowest BCUT2D eigenvalue weighted by atomic mass is 10.7. The first-order valence-electron chi connectivity index (χ1n) is 3.72. The molecule has 0 amide bonds. The van der Waals surface area contributed by atoms with E-state index in [0.717, 1.165) is 6.54 Å². The largest absolute Gasteiger partial charge is 0.357 e. The number of aromatic nitrogens is 3. The third-order valence-electron chi connectivity index (χ3n) is 1.74. The molecule has 2 rings (SSSR count). The van der Waals surface area contributed by atoms with Gasteiger partial charge < -0.3 is 10.6 Å². The Bertz CT molecular complexity index is 357. The van der Waals surface area contributed by atoms with Gasteiger partial charge in [0.05, 0.1) is 0 Å². The van der Waals surface area contributed by atoms with Crippen molar-refractivity contribution in [3.05, 3.63) is 10.5 Å². The summed E-state index contributed by atoms with van der Waals surface area (Å²) >= 11 is 0. The SMILES string of the molecule is CNc1nc2n(c(=O)n1)CCN2. The first-order chi connectivity index (χ1) is 5.81. The molecule has 1 aliphatic heterocycles. The van der Waals surface area contributed by atoms with Gasteiger partial charge in [0.15, 0.2) is 0 Å². The third-order valence-corrected chi connectivity index (χ3v) is 1.74. The molecule has 2 N–H and O–H groups in total. The molecule has 0 unspecified atom stereocenters. The maximum Gasteiger partial charge on any atom is 0.353 e. The lowest BCUT2D eigenvalue weighted by molar-refractivity contribution is 0.729. The molecule has 0 saturated heterocycles. The van der Waals surface area contributed by atoms with E-state index in [1.165, 1.54) is 4.57 Å². The van der Waals surface area contributed by atoms with Gasteiger partial charge in [-0.2, -0.15) is 9.97 Å². The van der Waals surface area contributed by atoms with Crippen LogP contribution in [0.15, 0.2) is 4.79 Å². The Kier molecular flexibility index (Phi) is 1.46. The number of nitrogens with one attached hydrogen (secondary N) is 2. The highest BCUT2D eigenvalue weighted by Crippen LogP contribution is 2.07. The number of hydrogen-bond acceptors (Lipinski definition) is 5. The molecular weight excluding hydrogens is 158 g/mol. The van der Waals surface area contributed by atoms with Crippen LogP contribution in [0.1, 0.15) is 0 Å². The van der Waals surface area contributed by atoms with E-state index in [1.807, 2.05) is 0 Å². The van der Waals surface area contributed by atoms with Gasteiger partial charge in [0.1, 0.15) is 0 Å². The van der Waals surface area contributed by atoms with Crippen molar-refractivity contribution < 1.29 is 0 Å². The second-order valence-corrected chi connectivity index (χ2v) is 2.48. The normalized spacial score (nSPS) is 13.8. The smallest absolute Gasteiger partial charge is 0.353 e. The molecule has 64 valence electrons. The summed E-state index contributed by atoms with van der Waals surface area (Å²) in [6.07, 6.45) is 0. The molecule has 0 spiro atoms. The summed E-state index contributed by atoms with van der Waals surface area (Å²) in [4.78, 5) is 19.0.